The van der Waals surface area contributed by atoms with Gasteiger partial charge in [0.05, 0.1) is 6.54 Å². The highest BCUT2D eigenvalue weighted by Gasteiger charge is 2.58. The summed E-state index contributed by atoms with van der Waals surface area (Å²) in [5, 5.41) is 8.90. The summed E-state index contributed by atoms with van der Waals surface area (Å²) in [4.78, 5) is 11.5. The first-order valence-electron chi connectivity index (χ1n) is 10.2. The Balaban J connectivity index is 1.20. The maximum atomic E-state index is 6.08. The van der Waals surface area contributed by atoms with E-state index in [0.717, 1.165) is 56.2 Å². The molecule has 1 saturated carbocycles. The van der Waals surface area contributed by atoms with Gasteiger partial charge in [-0.1, -0.05) is 47.9 Å². The van der Waals surface area contributed by atoms with Crippen LogP contribution in [0.15, 0.2) is 33.3 Å². The molecule has 3 aromatic rings. The molecule has 1 spiro atoms. The quantitative estimate of drug-likeness (QED) is 0.601. The van der Waals surface area contributed by atoms with Crippen LogP contribution in [0.25, 0.3) is 11.4 Å². The van der Waals surface area contributed by atoms with Crippen LogP contribution in [0.4, 0.5) is 0 Å². The standard InChI is InChI=1S/C21H24ClN5O2/c1-13(2)18-23-17(28-25-18)12-27-8-6-21(7-9-27)11-16(21)20-24-19(26-29-20)14-4-3-5-15(22)10-14/h3-5,10,13,16H,6-9,11-12H2,1-2H3. The van der Waals surface area contributed by atoms with Crippen molar-refractivity contribution in [2.45, 2.75) is 51.5 Å². The Morgan fingerprint density at radius 3 is 2.72 bits per heavy atom. The molecule has 0 bridgehead atoms. The Kier molecular flexibility index (Phi) is 4.67. The number of rotatable bonds is 5. The van der Waals surface area contributed by atoms with E-state index in [1.165, 1.54) is 0 Å². The molecule has 5 rings (SSSR count). The van der Waals surface area contributed by atoms with E-state index in [2.05, 4.69) is 39.0 Å². The van der Waals surface area contributed by atoms with Crippen molar-refractivity contribution in [3.63, 3.8) is 0 Å². The van der Waals surface area contributed by atoms with Gasteiger partial charge < -0.3 is 9.05 Å². The summed E-state index contributed by atoms with van der Waals surface area (Å²) in [6.45, 7) is 6.90. The zero-order valence-electron chi connectivity index (χ0n) is 16.6. The molecule has 7 nitrogen and oxygen atoms in total. The van der Waals surface area contributed by atoms with E-state index in [0.29, 0.717) is 28.1 Å². The van der Waals surface area contributed by atoms with Crippen LogP contribution in [-0.2, 0) is 6.54 Å². The average molecular weight is 414 g/mol. The monoisotopic (exact) mass is 413 g/mol. The Morgan fingerprint density at radius 1 is 1.17 bits per heavy atom. The summed E-state index contributed by atoms with van der Waals surface area (Å²) in [5.74, 6) is 3.51. The predicted octanol–water partition coefficient (Wildman–Crippen LogP) is 4.67. The highest BCUT2D eigenvalue weighted by Crippen LogP contribution is 2.64. The lowest BCUT2D eigenvalue weighted by molar-refractivity contribution is 0.144. The van der Waals surface area contributed by atoms with E-state index in [1.54, 1.807) is 0 Å². The van der Waals surface area contributed by atoms with Crippen molar-refractivity contribution in [1.29, 1.82) is 0 Å². The van der Waals surface area contributed by atoms with Gasteiger partial charge in [0.2, 0.25) is 17.6 Å². The molecule has 0 radical (unpaired) electrons. The van der Waals surface area contributed by atoms with Crippen LogP contribution in [0, 0.1) is 5.41 Å². The lowest BCUT2D eigenvalue weighted by Crippen LogP contribution is -2.34. The number of nitrogens with zero attached hydrogens (tertiary/aromatic N) is 5. The average Bonchev–Trinajstić information content (AvgIpc) is 3.08. The van der Waals surface area contributed by atoms with Gasteiger partial charge in [-0.15, -0.1) is 0 Å². The molecule has 0 amide bonds. The summed E-state index contributed by atoms with van der Waals surface area (Å²) < 4.78 is 11.0. The predicted molar refractivity (Wildman–Crippen MR) is 107 cm³/mol. The Bertz CT molecular complexity index is 1010. The van der Waals surface area contributed by atoms with E-state index in [-0.39, 0.29) is 5.92 Å². The maximum absolute atomic E-state index is 6.08. The number of aromatic nitrogens is 4. The summed E-state index contributed by atoms with van der Waals surface area (Å²) in [7, 11) is 0. The van der Waals surface area contributed by atoms with Crippen molar-refractivity contribution >= 4 is 11.6 Å². The smallest absolute Gasteiger partial charge is 0.240 e. The summed E-state index contributed by atoms with van der Waals surface area (Å²) in [5.41, 5.74) is 1.18. The minimum absolute atomic E-state index is 0.288. The number of hydrogen-bond acceptors (Lipinski definition) is 7. The molecule has 152 valence electrons. The van der Waals surface area contributed by atoms with Crippen LogP contribution >= 0.6 is 11.6 Å². The molecular formula is C21H24ClN5O2. The molecule has 3 heterocycles. The van der Waals surface area contributed by atoms with E-state index in [4.69, 9.17) is 20.6 Å². The molecule has 1 unspecified atom stereocenters. The van der Waals surface area contributed by atoms with Crippen LogP contribution in [0.5, 0.6) is 0 Å². The first-order chi connectivity index (χ1) is 14.0. The van der Waals surface area contributed by atoms with Crippen molar-refractivity contribution in [3.05, 3.63) is 46.9 Å². The number of halogens is 1. The lowest BCUT2D eigenvalue weighted by atomic mass is 9.91. The molecule has 2 aromatic heterocycles. The molecule has 29 heavy (non-hydrogen) atoms. The van der Waals surface area contributed by atoms with Crippen molar-refractivity contribution < 1.29 is 9.05 Å². The van der Waals surface area contributed by atoms with Crippen LogP contribution in [-0.4, -0.2) is 38.3 Å². The molecule has 1 aromatic carbocycles. The normalized spacial score (nSPS) is 21.2. The van der Waals surface area contributed by atoms with Gasteiger partial charge in [0.15, 0.2) is 5.82 Å². The maximum Gasteiger partial charge on any atom is 0.240 e. The number of hydrogen-bond donors (Lipinski definition) is 0. The Hall–Kier alpha value is -2.25. The molecule has 2 aliphatic rings. The van der Waals surface area contributed by atoms with Gasteiger partial charge in [-0.3, -0.25) is 4.90 Å². The second kappa shape index (κ2) is 7.22. The SMILES string of the molecule is CC(C)c1noc(CN2CCC3(CC2)CC3c2nc(-c3cccc(Cl)c3)no2)n1. The van der Waals surface area contributed by atoms with Crippen LogP contribution in [0.2, 0.25) is 5.02 Å². The molecule has 0 N–H and O–H groups in total. The Labute approximate surface area is 174 Å². The second-order valence-electron chi connectivity index (χ2n) is 8.56. The molecule has 1 aliphatic carbocycles. The van der Waals surface area contributed by atoms with Crippen molar-refractivity contribution in [3.8, 4) is 11.4 Å². The molecule has 1 aliphatic heterocycles. The van der Waals surface area contributed by atoms with Crippen LogP contribution in [0.1, 0.15) is 62.6 Å². The zero-order chi connectivity index (χ0) is 20.0. The molecule has 1 saturated heterocycles. The summed E-state index contributed by atoms with van der Waals surface area (Å²) in [6.07, 6.45) is 3.37. The fourth-order valence-electron chi connectivity index (χ4n) is 4.29. The molecule has 2 fully saturated rings. The number of benzene rings is 1. The summed E-state index contributed by atoms with van der Waals surface area (Å²) in [6, 6.07) is 7.55. The van der Waals surface area contributed by atoms with E-state index in [1.807, 2.05) is 24.3 Å². The second-order valence-corrected chi connectivity index (χ2v) is 9.00. The van der Waals surface area contributed by atoms with Crippen LogP contribution in [0.3, 0.4) is 0 Å². The van der Waals surface area contributed by atoms with Gasteiger partial charge in [-0.25, -0.2) is 0 Å². The third kappa shape index (κ3) is 3.69. The largest absolute Gasteiger partial charge is 0.339 e. The third-order valence-electron chi connectivity index (χ3n) is 6.22. The van der Waals surface area contributed by atoms with Gasteiger partial charge in [0.25, 0.3) is 0 Å². The first kappa shape index (κ1) is 18.8. The highest BCUT2D eigenvalue weighted by atomic mass is 35.5. The third-order valence-corrected chi connectivity index (χ3v) is 6.46. The van der Waals surface area contributed by atoms with Crippen molar-refractivity contribution in [2.24, 2.45) is 5.41 Å². The zero-order valence-corrected chi connectivity index (χ0v) is 17.4. The van der Waals surface area contributed by atoms with Crippen LogP contribution < -0.4 is 0 Å². The molecule has 1 atom stereocenters. The topological polar surface area (TPSA) is 81.1 Å². The minimum atomic E-state index is 0.288. The van der Waals surface area contributed by atoms with Gasteiger partial charge in [-0.2, -0.15) is 9.97 Å². The Morgan fingerprint density at radius 2 is 2.00 bits per heavy atom. The lowest BCUT2D eigenvalue weighted by Gasteiger charge is -2.31. The van der Waals surface area contributed by atoms with Crippen molar-refractivity contribution in [2.75, 3.05) is 13.1 Å². The van der Waals surface area contributed by atoms with Gasteiger partial charge in [-0.05, 0) is 49.9 Å². The molecule has 8 heteroatoms. The summed E-state index contributed by atoms with van der Waals surface area (Å²) >= 11 is 6.08. The van der Waals surface area contributed by atoms with Gasteiger partial charge >= 0.3 is 0 Å². The van der Waals surface area contributed by atoms with E-state index >= 15 is 0 Å². The van der Waals surface area contributed by atoms with E-state index in [9.17, 15) is 0 Å². The highest BCUT2D eigenvalue weighted by molar-refractivity contribution is 6.30. The van der Waals surface area contributed by atoms with Crippen molar-refractivity contribution in [1.82, 2.24) is 25.2 Å². The van der Waals surface area contributed by atoms with Gasteiger partial charge in [0, 0.05) is 22.4 Å². The fourth-order valence-corrected chi connectivity index (χ4v) is 4.48. The first-order valence-corrected chi connectivity index (χ1v) is 10.5. The fraction of sp³-hybridized carbons (Fsp3) is 0.524. The van der Waals surface area contributed by atoms with Gasteiger partial charge in [0.1, 0.15) is 0 Å². The molecular weight excluding hydrogens is 390 g/mol. The number of piperidine rings is 1. The number of likely N-dealkylation sites (tertiary alicyclic amines) is 1. The minimum Gasteiger partial charge on any atom is -0.339 e. The van der Waals surface area contributed by atoms with E-state index < -0.39 is 0 Å².